The van der Waals surface area contributed by atoms with Gasteiger partial charge in [0.15, 0.2) is 6.29 Å². The van der Waals surface area contributed by atoms with Crippen LogP contribution in [0.3, 0.4) is 0 Å². The third-order valence-electron chi connectivity index (χ3n) is 7.36. The maximum atomic E-state index is 11.4. The number of nitrogens with one attached hydrogen (secondary N) is 3. The Kier molecular flexibility index (Phi) is 6.68. The summed E-state index contributed by atoms with van der Waals surface area (Å²) in [7, 11) is 0. The number of hydrogen-bond acceptors (Lipinski definition) is 5. The maximum absolute atomic E-state index is 11.4. The van der Waals surface area contributed by atoms with Crippen LogP contribution in [-0.4, -0.2) is 47.9 Å². The summed E-state index contributed by atoms with van der Waals surface area (Å²) in [5.41, 5.74) is 5.28. The fourth-order valence-electron chi connectivity index (χ4n) is 5.96. The van der Waals surface area contributed by atoms with E-state index in [1.807, 2.05) is 18.3 Å². The van der Waals surface area contributed by atoms with Gasteiger partial charge in [0.2, 0.25) is 0 Å². The van der Waals surface area contributed by atoms with E-state index in [9.17, 15) is 4.79 Å². The largest absolute Gasteiger partial charge is 0.308 e. The highest BCUT2D eigenvalue weighted by atomic mass is 35.5. The monoisotopic (exact) mass is 465 g/mol. The summed E-state index contributed by atoms with van der Waals surface area (Å²) < 4.78 is 1.53. The zero-order valence-corrected chi connectivity index (χ0v) is 20.1. The van der Waals surface area contributed by atoms with Gasteiger partial charge < -0.3 is 10.3 Å². The lowest BCUT2D eigenvalue weighted by Gasteiger charge is -2.60. The number of aldehydes is 1. The number of pyridine rings is 1. The lowest BCUT2D eigenvalue weighted by molar-refractivity contribution is -0.0980. The minimum Gasteiger partial charge on any atom is -0.308 e. The molecule has 174 valence electrons. The molecule has 1 atom stereocenters. The topological polar surface area (TPSA) is 96.8 Å². The van der Waals surface area contributed by atoms with E-state index in [1.54, 1.807) is 6.07 Å². The van der Waals surface area contributed by atoms with Crippen molar-refractivity contribution < 1.29 is 4.79 Å². The van der Waals surface area contributed by atoms with Gasteiger partial charge in [0.05, 0.1) is 11.4 Å². The van der Waals surface area contributed by atoms with Gasteiger partial charge in [-0.1, -0.05) is 24.6 Å². The number of benzene rings is 1. The molecule has 1 aromatic heterocycles. The Balaban J connectivity index is 1.27. The molecule has 7 heteroatoms. The van der Waals surface area contributed by atoms with E-state index in [1.165, 1.54) is 35.5 Å². The second kappa shape index (κ2) is 9.35. The Morgan fingerprint density at radius 3 is 2.58 bits per heavy atom. The predicted molar refractivity (Wildman–Crippen MR) is 132 cm³/mol. The fourth-order valence-corrected chi connectivity index (χ4v) is 6.16. The molecular formula is C26H32ClN5O. The normalized spacial score (nSPS) is 18.4. The standard InChI is InChI=1S/C26H32ClN5O/c1-17(5-21-7-25(30)32(16-29)12-18(21)2)11-31-14-26(15-31)8-19(9-26)6-20-3-4-24(27)23(13-33)22(20)10-28/h3-4,7,10,12-13,16-17,19,28-30H,5-6,8-9,11,14-15H2,1-2H3. The number of aromatic nitrogens is 1. The van der Waals surface area contributed by atoms with E-state index < -0.39 is 0 Å². The molecule has 4 rings (SSSR count). The summed E-state index contributed by atoms with van der Waals surface area (Å²) in [6, 6.07) is 5.63. The van der Waals surface area contributed by atoms with Gasteiger partial charge in [-0.25, -0.2) is 0 Å². The first-order valence-electron chi connectivity index (χ1n) is 11.5. The molecule has 6 nitrogen and oxygen atoms in total. The SMILES string of the molecule is Cc1cn(C=N)c(=N)cc1CC(C)CN1CC2(CC(Cc3ccc(Cl)c(C=O)c3C=N)C2)C1. The molecule has 33 heavy (non-hydrogen) atoms. The Hall–Kier alpha value is -2.57. The molecule has 2 fully saturated rings. The van der Waals surface area contributed by atoms with Crippen LogP contribution in [-0.2, 0) is 12.8 Å². The third kappa shape index (κ3) is 4.73. The van der Waals surface area contributed by atoms with Crippen LogP contribution in [0, 0.1) is 40.4 Å². The van der Waals surface area contributed by atoms with Crippen molar-refractivity contribution in [3.8, 4) is 0 Å². The van der Waals surface area contributed by atoms with Crippen molar-refractivity contribution >= 4 is 30.4 Å². The molecule has 1 aliphatic carbocycles. The van der Waals surface area contributed by atoms with Crippen LogP contribution in [0.25, 0.3) is 0 Å². The average Bonchev–Trinajstić information content (AvgIpc) is 2.73. The van der Waals surface area contributed by atoms with Gasteiger partial charge in [-0.2, -0.15) is 0 Å². The van der Waals surface area contributed by atoms with E-state index in [-0.39, 0.29) is 0 Å². The summed E-state index contributed by atoms with van der Waals surface area (Å²) in [6.07, 6.45) is 9.32. The van der Waals surface area contributed by atoms with E-state index in [0.717, 1.165) is 49.9 Å². The van der Waals surface area contributed by atoms with Crippen molar-refractivity contribution in [2.75, 3.05) is 19.6 Å². The number of hydrogen-bond donors (Lipinski definition) is 3. The van der Waals surface area contributed by atoms with Crippen LogP contribution in [0.4, 0.5) is 0 Å². The molecule has 1 saturated heterocycles. The Morgan fingerprint density at radius 1 is 1.21 bits per heavy atom. The van der Waals surface area contributed by atoms with Crippen LogP contribution in [0.15, 0.2) is 24.4 Å². The number of likely N-dealkylation sites (tertiary alicyclic amines) is 1. The molecular weight excluding hydrogens is 434 g/mol. The number of nitrogens with zero attached hydrogens (tertiary/aromatic N) is 2. The molecule has 1 aromatic carbocycles. The summed E-state index contributed by atoms with van der Waals surface area (Å²) in [4.78, 5) is 13.9. The van der Waals surface area contributed by atoms with Crippen molar-refractivity contribution in [1.82, 2.24) is 9.47 Å². The van der Waals surface area contributed by atoms with Crippen LogP contribution in [0.1, 0.15) is 52.4 Å². The van der Waals surface area contributed by atoms with Crippen molar-refractivity contribution in [2.24, 2.45) is 17.3 Å². The van der Waals surface area contributed by atoms with E-state index in [4.69, 9.17) is 27.8 Å². The van der Waals surface area contributed by atoms with Crippen LogP contribution >= 0.6 is 11.6 Å². The first kappa shape index (κ1) is 23.6. The minimum absolute atomic E-state index is 0.355. The first-order chi connectivity index (χ1) is 15.8. The van der Waals surface area contributed by atoms with Gasteiger partial charge in [0.25, 0.3) is 0 Å². The van der Waals surface area contributed by atoms with E-state index in [0.29, 0.717) is 38.9 Å². The summed E-state index contributed by atoms with van der Waals surface area (Å²) in [5, 5.41) is 23.6. The molecule has 1 aliphatic heterocycles. The highest BCUT2D eigenvalue weighted by Gasteiger charge is 2.51. The fraction of sp³-hybridized carbons (Fsp3) is 0.462. The molecule has 2 aromatic rings. The summed E-state index contributed by atoms with van der Waals surface area (Å²) >= 11 is 6.12. The minimum atomic E-state index is 0.355. The van der Waals surface area contributed by atoms with Gasteiger partial charge in [0.1, 0.15) is 5.49 Å². The molecule has 1 spiro atoms. The Morgan fingerprint density at radius 2 is 1.94 bits per heavy atom. The molecule has 2 aliphatic rings. The average molecular weight is 466 g/mol. The Bertz CT molecular complexity index is 1140. The number of halogens is 1. The molecule has 1 saturated carbocycles. The summed E-state index contributed by atoms with van der Waals surface area (Å²) in [5.74, 6) is 1.12. The Labute approximate surface area is 200 Å². The highest BCUT2D eigenvalue weighted by Crippen LogP contribution is 2.53. The van der Waals surface area contributed by atoms with E-state index >= 15 is 0 Å². The van der Waals surface area contributed by atoms with E-state index in [2.05, 4.69) is 18.7 Å². The van der Waals surface area contributed by atoms with Crippen molar-refractivity contribution in [3.63, 3.8) is 0 Å². The van der Waals surface area contributed by atoms with Gasteiger partial charge >= 0.3 is 0 Å². The summed E-state index contributed by atoms with van der Waals surface area (Å²) in [6.45, 7) is 7.70. The maximum Gasteiger partial charge on any atom is 0.152 e. The number of aryl methyl sites for hydroxylation is 1. The van der Waals surface area contributed by atoms with Gasteiger partial charge in [-0.15, -0.1) is 0 Å². The molecule has 0 amide bonds. The zero-order chi connectivity index (χ0) is 23.8. The lowest BCUT2D eigenvalue weighted by Crippen LogP contribution is -2.63. The van der Waals surface area contributed by atoms with Gasteiger partial charge in [0, 0.05) is 43.2 Å². The van der Waals surface area contributed by atoms with Crippen molar-refractivity contribution in [3.05, 3.63) is 62.7 Å². The number of carbonyl (C=O) groups excluding carboxylic acids is 1. The third-order valence-corrected chi connectivity index (χ3v) is 7.69. The molecule has 1 unspecified atom stereocenters. The molecule has 2 heterocycles. The van der Waals surface area contributed by atoms with Gasteiger partial charge in [-0.05, 0) is 78.7 Å². The predicted octanol–water partition coefficient (Wildman–Crippen LogP) is 4.33. The number of rotatable bonds is 9. The molecule has 3 N–H and O–H groups in total. The lowest BCUT2D eigenvalue weighted by atomic mass is 9.56. The quantitative estimate of drug-likeness (QED) is 0.292. The zero-order valence-electron chi connectivity index (χ0n) is 19.3. The van der Waals surface area contributed by atoms with Crippen LogP contribution in [0.5, 0.6) is 0 Å². The van der Waals surface area contributed by atoms with Crippen molar-refractivity contribution in [1.29, 1.82) is 16.2 Å². The van der Waals surface area contributed by atoms with Crippen molar-refractivity contribution in [2.45, 2.75) is 39.5 Å². The first-order valence-corrected chi connectivity index (χ1v) is 11.9. The smallest absolute Gasteiger partial charge is 0.152 e. The van der Waals surface area contributed by atoms with Gasteiger partial charge in [-0.3, -0.25) is 20.2 Å². The molecule has 0 bridgehead atoms. The van der Waals surface area contributed by atoms with Crippen LogP contribution in [0.2, 0.25) is 5.02 Å². The van der Waals surface area contributed by atoms with Crippen LogP contribution < -0.4 is 5.49 Å². The second-order valence-corrected chi connectivity index (χ2v) is 10.6. The molecule has 0 radical (unpaired) electrons. The highest BCUT2D eigenvalue weighted by molar-refractivity contribution is 6.33. The number of carbonyl (C=O) groups is 1. The second-order valence-electron chi connectivity index (χ2n) is 10.2.